The Balaban J connectivity index is 1.79. The van der Waals surface area contributed by atoms with E-state index in [1.54, 1.807) is 0 Å². The van der Waals surface area contributed by atoms with Gasteiger partial charge in [0.25, 0.3) is 5.91 Å². The molecule has 1 aromatic heterocycles. The number of H-pyrrole nitrogens is 1. The molecule has 1 aliphatic heterocycles. The Morgan fingerprint density at radius 3 is 3.00 bits per heavy atom. The molecule has 1 saturated heterocycles. The van der Waals surface area contributed by atoms with Crippen LogP contribution in [0.5, 0.6) is 0 Å². The van der Waals surface area contributed by atoms with Crippen LogP contribution in [0.25, 0.3) is 0 Å². The molecule has 7 nitrogen and oxygen atoms in total. The lowest BCUT2D eigenvalue weighted by Crippen LogP contribution is -2.44. The van der Waals surface area contributed by atoms with Gasteiger partial charge in [-0.25, -0.2) is 0 Å². The number of nitrogens with zero attached hydrogens (tertiary/aromatic N) is 4. The first-order valence-corrected chi connectivity index (χ1v) is 5.55. The van der Waals surface area contributed by atoms with Gasteiger partial charge in [0.15, 0.2) is 5.69 Å². The first kappa shape index (κ1) is 11.5. The minimum absolute atomic E-state index is 0.161. The monoisotopic (exact) mass is 234 g/mol. The molecule has 0 radical (unpaired) electrons. The van der Waals surface area contributed by atoms with Crippen LogP contribution in [0.15, 0.2) is 6.20 Å². The maximum Gasteiger partial charge on any atom is 0.273 e. The van der Waals surface area contributed by atoms with E-state index in [0.29, 0.717) is 12.2 Å². The summed E-state index contributed by atoms with van der Waals surface area (Å²) in [5.41, 5.74) is 0.310. The maximum atomic E-state index is 11.7. The average molecular weight is 234 g/mol. The quantitative estimate of drug-likeness (QED) is 0.688. The summed E-state index contributed by atoms with van der Waals surface area (Å²) in [5.74, 6) is -0.197. The topological polar surface area (TPSA) is 97.7 Å². The molecule has 7 heteroatoms. The molecule has 1 fully saturated rings. The molecule has 0 spiro atoms. The van der Waals surface area contributed by atoms with E-state index in [0.717, 1.165) is 25.9 Å². The van der Waals surface area contributed by atoms with Crippen molar-refractivity contribution in [3.8, 4) is 6.07 Å². The van der Waals surface area contributed by atoms with Crippen molar-refractivity contribution < 1.29 is 4.79 Å². The van der Waals surface area contributed by atoms with E-state index >= 15 is 0 Å². The largest absolute Gasteiger partial charge is 0.348 e. The number of aromatic amines is 1. The summed E-state index contributed by atoms with van der Waals surface area (Å²) >= 11 is 0. The summed E-state index contributed by atoms with van der Waals surface area (Å²) in [4.78, 5) is 13.8. The van der Waals surface area contributed by atoms with Crippen molar-refractivity contribution >= 4 is 5.91 Å². The average Bonchev–Trinajstić information content (AvgIpc) is 2.86. The van der Waals surface area contributed by atoms with E-state index in [9.17, 15) is 4.79 Å². The highest BCUT2D eigenvalue weighted by Crippen LogP contribution is 2.10. The standard InChI is InChI=1S/C10H14N6O/c11-3-6-16-4-1-8(2-5-16)13-10(17)9-7-12-15-14-9/h7-8H,1-2,4-6H2,(H,13,17)(H,12,14,15). The second-order valence-corrected chi connectivity index (χ2v) is 4.04. The summed E-state index contributed by atoms with van der Waals surface area (Å²) in [6.45, 7) is 2.15. The predicted octanol–water partition coefficient (Wildman–Crippen LogP) is -0.478. The fraction of sp³-hybridized carbons (Fsp3) is 0.600. The van der Waals surface area contributed by atoms with Crippen molar-refractivity contribution in [1.82, 2.24) is 25.6 Å². The second kappa shape index (κ2) is 5.41. The molecule has 0 aliphatic carbocycles. The van der Waals surface area contributed by atoms with E-state index < -0.39 is 0 Å². The summed E-state index contributed by atoms with van der Waals surface area (Å²) in [6, 6.07) is 2.29. The van der Waals surface area contributed by atoms with Crippen LogP contribution < -0.4 is 5.32 Å². The van der Waals surface area contributed by atoms with E-state index in [2.05, 4.69) is 31.7 Å². The van der Waals surface area contributed by atoms with Gasteiger partial charge in [0, 0.05) is 19.1 Å². The highest BCUT2D eigenvalue weighted by atomic mass is 16.2. The number of aromatic nitrogens is 3. The van der Waals surface area contributed by atoms with Gasteiger partial charge >= 0.3 is 0 Å². The molecule has 0 aromatic carbocycles. The molecule has 1 amide bonds. The Bertz CT molecular complexity index is 401. The van der Waals surface area contributed by atoms with Gasteiger partial charge in [-0.3, -0.25) is 9.69 Å². The molecule has 0 bridgehead atoms. The van der Waals surface area contributed by atoms with Gasteiger partial charge in [-0.1, -0.05) is 0 Å². The third kappa shape index (κ3) is 3.01. The van der Waals surface area contributed by atoms with Gasteiger partial charge in [-0.2, -0.15) is 20.7 Å². The Morgan fingerprint density at radius 1 is 1.65 bits per heavy atom. The normalized spacial score (nSPS) is 17.6. The first-order chi connectivity index (χ1) is 8.29. The first-order valence-electron chi connectivity index (χ1n) is 5.55. The fourth-order valence-corrected chi connectivity index (χ4v) is 1.91. The van der Waals surface area contributed by atoms with Crippen LogP contribution in [0.3, 0.4) is 0 Å². The van der Waals surface area contributed by atoms with Crippen molar-refractivity contribution in [2.24, 2.45) is 0 Å². The van der Waals surface area contributed by atoms with E-state index in [1.807, 2.05) is 0 Å². The Hall–Kier alpha value is -1.94. The second-order valence-electron chi connectivity index (χ2n) is 4.04. The van der Waals surface area contributed by atoms with Crippen molar-refractivity contribution in [3.05, 3.63) is 11.9 Å². The van der Waals surface area contributed by atoms with Crippen LogP contribution >= 0.6 is 0 Å². The number of piperidine rings is 1. The smallest absolute Gasteiger partial charge is 0.273 e. The van der Waals surface area contributed by atoms with Gasteiger partial charge in [0.1, 0.15) is 0 Å². The fourth-order valence-electron chi connectivity index (χ4n) is 1.91. The van der Waals surface area contributed by atoms with Crippen molar-refractivity contribution in [2.45, 2.75) is 18.9 Å². The maximum absolute atomic E-state index is 11.7. The lowest BCUT2D eigenvalue weighted by molar-refractivity contribution is 0.0909. The highest BCUT2D eigenvalue weighted by Gasteiger charge is 2.21. The highest BCUT2D eigenvalue weighted by molar-refractivity contribution is 5.91. The molecule has 1 aliphatic rings. The molecule has 0 unspecified atom stereocenters. The lowest BCUT2D eigenvalue weighted by Gasteiger charge is -2.30. The zero-order valence-electron chi connectivity index (χ0n) is 9.39. The Morgan fingerprint density at radius 2 is 2.41 bits per heavy atom. The third-order valence-electron chi connectivity index (χ3n) is 2.86. The van der Waals surface area contributed by atoms with Crippen LogP contribution in [-0.4, -0.2) is 51.9 Å². The molecule has 0 atom stereocenters. The van der Waals surface area contributed by atoms with Gasteiger partial charge in [0.05, 0.1) is 18.8 Å². The summed E-state index contributed by atoms with van der Waals surface area (Å²) in [6.07, 6.45) is 3.14. The van der Waals surface area contributed by atoms with E-state index in [-0.39, 0.29) is 11.9 Å². The molecular weight excluding hydrogens is 220 g/mol. The molecule has 2 N–H and O–H groups in total. The summed E-state index contributed by atoms with van der Waals surface area (Å²) < 4.78 is 0. The van der Waals surface area contributed by atoms with Gasteiger partial charge < -0.3 is 5.32 Å². The minimum Gasteiger partial charge on any atom is -0.348 e. The number of nitriles is 1. The van der Waals surface area contributed by atoms with E-state index in [4.69, 9.17) is 5.26 Å². The molecule has 0 saturated carbocycles. The number of amides is 1. The zero-order chi connectivity index (χ0) is 12.1. The van der Waals surface area contributed by atoms with Gasteiger partial charge in [-0.15, -0.1) is 0 Å². The molecule has 90 valence electrons. The number of carbonyl (C=O) groups is 1. The summed E-state index contributed by atoms with van der Waals surface area (Å²) in [7, 11) is 0. The Kier molecular flexibility index (Phi) is 3.67. The van der Waals surface area contributed by atoms with Crippen molar-refractivity contribution in [3.63, 3.8) is 0 Å². The van der Waals surface area contributed by atoms with Gasteiger partial charge in [0.2, 0.25) is 0 Å². The SMILES string of the molecule is N#CCN1CCC(NC(=O)c2cn[nH]n2)CC1. The van der Waals surface area contributed by atoms with Crippen molar-refractivity contribution in [1.29, 1.82) is 5.26 Å². The lowest BCUT2D eigenvalue weighted by atomic mass is 10.1. The zero-order valence-corrected chi connectivity index (χ0v) is 9.39. The van der Waals surface area contributed by atoms with Gasteiger partial charge in [-0.05, 0) is 12.8 Å². The van der Waals surface area contributed by atoms with Crippen LogP contribution in [0, 0.1) is 11.3 Å². The van der Waals surface area contributed by atoms with Crippen LogP contribution in [0.2, 0.25) is 0 Å². The minimum atomic E-state index is -0.197. The predicted molar refractivity (Wildman–Crippen MR) is 58.9 cm³/mol. The number of carbonyl (C=O) groups excluding carboxylic acids is 1. The Labute approximate surface area is 98.8 Å². The summed E-state index contributed by atoms with van der Waals surface area (Å²) in [5, 5.41) is 21.2. The third-order valence-corrected chi connectivity index (χ3v) is 2.86. The molecular formula is C10H14N6O. The van der Waals surface area contributed by atoms with Crippen LogP contribution in [0.4, 0.5) is 0 Å². The van der Waals surface area contributed by atoms with Crippen molar-refractivity contribution in [2.75, 3.05) is 19.6 Å². The number of nitrogens with one attached hydrogen (secondary N) is 2. The number of hydrogen-bond acceptors (Lipinski definition) is 5. The van der Waals surface area contributed by atoms with E-state index in [1.165, 1.54) is 6.20 Å². The molecule has 2 rings (SSSR count). The molecule has 1 aromatic rings. The van der Waals surface area contributed by atoms with Crippen LogP contribution in [0.1, 0.15) is 23.3 Å². The number of likely N-dealkylation sites (tertiary alicyclic amines) is 1. The molecule has 17 heavy (non-hydrogen) atoms. The van der Waals surface area contributed by atoms with Crippen LogP contribution in [-0.2, 0) is 0 Å². The molecule has 2 heterocycles. The number of rotatable bonds is 3. The number of hydrogen-bond donors (Lipinski definition) is 2.